The van der Waals surface area contributed by atoms with Gasteiger partial charge in [0.05, 0.1) is 36.0 Å². The Labute approximate surface area is 252 Å². The molecule has 3 atom stereocenters. The minimum absolute atomic E-state index is 0.00703. The number of fused-ring (bicyclic) bond motifs is 1. The lowest BCUT2D eigenvalue weighted by molar-refractivity contribution is -0.137. The first-order valence-corrected chi connectivity index (χ1v) is 15.1. The molecule has 2 aliphatic rings. The molecule has 2 aliphatic heterocycles. The number of amides is 1. The number of thioether (sulfide) groups is 1. The lowest BCUT2D eigenvalue weighted by Crippen LogP contribution is -2.60. The van der Waals surface area contributed by atoms with E-state index in [4.69, 9.17) is 14.9 Å². The van der Waals surface area contributed by atoms with Crippen LogP contribution in [0.25, 0.3) is 11.1 Å². The molecule has 4 rings (SSSR count). The fourth-order valence-corrected chi connectivity index (χ4v) is 6.67. The van der Waals surface area contributed by atoms with Crippen molar-refractivity contribution < 1.29 is 36.2 Å². The molecule has 0 aromatic heterocycles. The average Bonchev–Trinajstić information content (AvgIpc) is 2.88. The smallest absolute Gasteiger partial charge is 0.417 e. The minimum Gasteiger partial charge on any atom is -0.444 e. The predicted molar refractivity (Wildman–Crippen MR) is 157 cm³/mol. The van der Waals surface area contributed by atoms with Crippen LogP contribution in [0.4, 0.5) is 32.4 Å². The number of nitrogens with one attached hydrogen (secondary N) is 2. The van der Waals surface area contributed by atoms with Gasteiger partial charge < -0.3 is 19.7 Å². The maximum atomic E-state index is 15.0. The number of hydrogen-bond acceptors (Lipinski definition) is 6. The monoisotopic (exact) mass is 628 g/mol. The van der Waals surface area contributed by atoms with Crippen LogP contribution in [0.2, 0.25) is 0 Å². The van der Waals surface area contributed by atoms with Gasteiger partial charge in [0.1, 0.15) is 23.1 Å². The molecule has 0 aliphatic carbocycles. The maximum absolute atomic E-state index is 15.0. The largest absolute Gasteiger partial charge is 0.444 e. The standard InChI is InChI=1S/C30H37F5N4O3S/c1-7-41-14-19-15-43-26-24(20-9-8-18(31)10-23(20)32)22(30(33,34)35)11-21(25(26)37-19)27(36)38-12-16(2)39(17(3)13-38)28(40)42-29(4,5)6/h8-11,16-17,19,36-37H,7,12-15H2,1-6H3/t16-,17+,19-/m0/s1. The Morgan fingerprint density at radius 1 is 1.12 bits per heavy atom. The van der Waals surface area contributed by atoms with Crippen molar-refractivity contribution in [3.8, 4) is 11.1 Å². The molecule has 13 heteroatoms. The normalized spacial score (nSPS) is 20.9. The van der Waals surface area contributed by atoms with Crippen LogP contribution in [-0.2, 0) is 15.7 Å². The molecule has 2 aromatic carbocycles. The minimum atomic E-state index is -4.90. The van der Waals surface area contributed by atoms with Gasteiger partial charge in [-0.25, -0.2) is 13.6 Å². The van der Waals surface area contributed by atoms with Crippen molar-refractivity contribution in [2.45, 2.75) is 76.3 Å². The summed E-state index contributed by atoms with van der Waals surface area (Å²) in [6.45, 7) is 11.8. The second-order valence-electron chi connectivity index (χ2n) is 11.8. The molecule has 1 saturated heterocycles. The number of nitrogens with zero attached hydrogens (tertiary/aromatic N) is 2. The van der Waals surface area contributed by atoms with Crippen LogP contribution in [0, 0.1) is 17.0 Å². The summed E-state index contributed by atoms with van der Waals surface area (Å²) in [7, 11) is 0. The summed E-state index contributed by atoms with van der Waals surface area (Å²) < 4.78 is 83.8. The van der Waals surface area contributed by atoms with Crippen LogP contribution in [0.5, 0.6) is 0 Å². The van der Waals surface area contributed by atoms with Gasteiger partial charge in [-0.2, -0.15) is 13.2 Å². The third-order valence-corrected chi connectivity index (χ3v) is 8.45. The summed E-state index contributed by atoms with van der Waals surface area (Å²) >= 11 is 1.11. The molecule has 0 unspecified atom stereocenters. The van der Waals surface area contributed by atoms with Gasteiger partial charge in [0.25, 0.3) is 0 Å². The molecule has 0 spiro atoms. The molecule has 2 heterocycles. The predicted octanol–water partition coefficient (Wildman–Crippen LogP) is 7.23. The first-order chi connectivity index (χ1) is 20.0. The summed E-state index contributed by atoms with van der Waals surface area (Å²) in [5.41, 5.74) is -2.36. The number of amidine groups is 1. The van der Waals surface area contributed by atoms with E-state index < -0.39 is 52.7 Å². The Hall–Kier alpha value is -3.06. The number of rotatable bonds is 5. The fraction of sp³-hybridized carbons (Fsp3) is 0.533. The Balaban J connectivity index is 1.81. The molecular weight excluding hydrogens is 591 g/mol. The molecule has 236 valence electrons. The van der Waals surface area contributed by atoms with Crippen LogP contribution < -0.4 is 5.32 Å². The summed E-state index contributed by atoms with van der Waals surface area (Å²) in [5.74, 6) is -1.85. The van der Waals surface area contributed by atoms with Crippen LogP contribution >= 0.6 is 11.8 Å². The van der Waals surface area contributed by atoms with Crippen molar-refractivity contribution >= 4 is 29.4 Å². The number of alkyl halides is 3. The number of halogens is 5. The van der Waals surface area contributed by atoms with Crippen molar-refractivity contribution in [1.29, 1.82) is 5.41 Å². The molecule has 2 aromatic rings. The lowest BCUT2D eigenvalue weighted by atomic mass is 9.93. The number of piperazine rings is 1. The van der Waals surface area contributed by atoms with Crippen molar-refractivity contribution in [3.05, 3.63) is 47.0 Å². The van der Waals surface area contributed by atoms with Crippen molar-refractivity contribution in [2.24, 2.45) is 0 Å². The quantitative estimate of drug-likeness (QED) is 0.207. The highest BCUT2D eigenvalue weighted by molar-refractivity contribution is 7.99. The molecule has 0 radical (unpaired) electrons. The van der Waals surface area contributed by atoms with Gasteiger partial charge in [0.2, 0.25) is 0 Å². The van der Waals surface area contributed by atoms with Gasteiger partial charge in [-0.15, -0.1) is 11.8 Å². The number of ether oxygens (including phenoxy) is 2. The SMILES string of the molecule is CCOC[C@H]1CSc2c(c(C(=N)N3C[C@@H](C)N(C(=O)OC(C)(C)C)[C@@H](C)C3)cc(C(F)(F)F)c2-c2ccc(F)cc2F)N1. The highest BCUT2D eigenvalue weighted by atomic mass is 32.2. The van der Waals surface area contributed by atoms with Crippen molar-refractivity contribution in [3.63, 3.8) is 0 Å². The lowest BCUT2D eigenvalue weighted by Gasteiger charge is -2.45. The highest BCUT2D eigenvalue weighted by Gasteiger charge is 2.41. The van der Waals surface area contributed by atoms with Gasteiger partial charge in [-0.05, 0) is 59.7 Å². The van der Waals surface area contributed by atoms with Crippen LogP contribution in [0.15, 0.2) is 29.2 Å². The first-order valence-electron chi connectivity index (χ1n) is 14.1. The number of benzene rings is 2. The zero-order chi connectivity index (χ0) is 31.9. The molecule has 43 heavy (non-hydrogen) atoms. The van der Waals surface area contributed by atoms with E-state index in [2.05, 4.69) is 5.32 Å². The summed E-state index contributed by atoms with van der Waals surface area (Å²) in [6.07, 6.45) is -5.41. The van der Waals surface area contributed by atoms with E-state index >= 15 is 4.39 Å². The number of hydrogen-bond donors (Lipinski definition) is 2. The molecule has 7 nitrogen and oxygen atoms in total. The van der Waals surface area contributed by atoms with E-state index in [-0.39, 0.29) is 53.3 Å². The summed E-state index contributed by atoms with van der Waals surface area (Å²) in [4.78, 5) is 16.2. The summed E-state index contributed by atoms with van der Waals surface area (Å²) in [5, 5.41) is 12.4. The Bertz CT molecular complexity index is 1370. The van der Waals surface area contributed by atoms with Gasteiger partial charge >= 0.3 is 12.3 Å². The van der Waals surface area contributed by atoms with E-state index in [1.807, 2.05) is 6.92 Å². The fourth-order valence-electron chi connectivity index (χ4n) is 5.45. The average molecular weight is 629 g/mol. The van der Waals surface area contributed by atoms with E-state index in [0.717, 1.165) is 30.0 Å². The topological polar surface area (TPSA) is 77.9 Å². The van der Waals surface area contributed by atoms with Crippen LogP contribution in [-0.4, -0.2) is 77.5 Å². The van der Waals surface area contributed by atoms with Crippen molar-refractivity contribution in [1.82, 2.24) is 9.80 Å². The molecule has 1 amide bonds. The second-order valence-corrected chi connectivity index (χ2v) is 12.9. The van der Waals surface area contributed by atoms with E-state index in [0.29, 0.717) is 18.4 Å². The Morgan fingerprint density at radius 3 is 2.33 bits per heavy atom. The third-order valence-electron chi connectivity index (χ3n) is 7.18. The number of carbonyl (C=O) groups is 1. The molecule has 0 bridgehead atoms. The molecular formula is C30H37F5N4O3S. The number of carbonyl (C=O) groups excluding carboxylic acids is 1. The maximum Gasteiger partial charge on any atom is 0.417 e. The molecule has 1 fully saturated rings. The van der Waals surface area contributed by atoms with Crippen molar-refractivity contribution in [2.75, 3.05) is 37.4 Å². The second kappa shape index (κ2) is 12.5. The van der Waals surface area contributed by atoms with Gasteiger partial charge in [-0.1, -0.05) is 0 Å². The van der Waals surface area contributed by atoms with Crippen LogP contribution in [0.1, 0.15) is 52.7 Å². The van der Waals surface area contributed by atoms with E-state index in [9.17, 15) is 22.4 Å². The molecule has 0 saturated carbocycles. The van der Waals surface area contributed by atoms with Crippen LogP contribution in [0.3, 0.4) is 0 Å². The third kappa shape index (κ3) is 7.19. The van der Waals surface area contributed by atoms with Gasteiger partial charge in [-0.3, -0.25) is 10.3 Å². The first kappa shape index (κ1) is 32.8. The van der Waals surface area contributed by atoms with E-state index in [1.54, 1.807) is 44.4 Å². The van der Waals surface area contributed by atoms with Gasteiger partial charge in [0.15, 0.2) is 0 Å². The van der Waals surface area contributed by atoms with E-state index in [1.165, 1.54) is 0 Å². The summed E-state index contributed by atoms with van der Waals surface area (Å²) in [6, 6.07) is 2.26. The Kier molecular flexibility index (Phi) is 9.55. The molecule has 2 N–H and O–H groups in total. The van der Waals surface area contributed by atoms with Gasteiger partial charge in [0, 0.05) is 53.1 Å². The zero-order valence-corrected chi connectivity index (χ0v) is 25.8. The number of anilines is 1. The highest BCUT2D eigenvalue weighted by Crippen LogP contribution is 2.50. The Morgan fingerprint density at radius 2 is 1.77 bits per heavy atom. The zero-order valence-electron chi connectivity index (χ0n) is 25.0.